The molecule has 0 unspecified atom stereocenters. The Morgan fingerprint density at radius 1 is 0.926 bits per heavy atom. The molecule has 0 radical (unpaired) electrons. The number of hydrogen-bond acceptors (Lipinski definition) is 3. The average molecular weight is 375 g/mol. The number of carbonyl (C=O) groups is 1. The van der Waals surface area contributed by atoms with Gasteiger partial charge in [-0.3, -0.25) is 4.79 Å². The normalized spacial score (nSPS) is 10.9. The van der Waals surface area contributed by atoms with E-state index in [1.807, 2.05) is 73.3 Å². The molecule has 0 saturated carbocycles. The van der Waals surface area contributed by atoms with Crippen LogP contribution < -0.4 is 5.43 Å². The summed E-state index contributed by atoms with van der Waals surface area (Å²) in [5.74, 6) is 1.70. The lowest BCUT2D eigenvalue weighted by molar-refractivity contribution is 0.0955. The first-order chi connectivity index (χ1) is 13.2. The molecular formula is C23H22N2OS. The van der Waals surface area contributed by atoms with Gasteiger partial charge in [0.2, 0.25) is 0 Å². The number of thioether (sulfide) groups is 1. The first kappa shape index (κ1) is 18.9. The van der Waals surface area contributed by atoms with Crippen LogP contribution in [0.2, 0.25) is 0 Å². The van der Waals surface area contributed by atoms with Crippen molar-refractivity contribution in [3.05, 3.63) is 107 Å². The molecule has 0 saturated heterocycles. The Bertz CT molecular complexity index is 905. The zero-order valence-corrected chi connectivity index (χ0v) is 16.1. The van der Waals surface area contributed by atoms with Crippen LogP contribution >= 0.6 is 11.8 Å². The minimum Gasteiger partial charge on any atom is -0.267 e. The highest BCUT2D eigenvalue weighted by molar-refractivity contribution is 7.97. The number of hydrazone groups is 1. The second-order valence-electron chi connectivity index (χ2n) is 6.29. The summed E-state index contributed by atoms with van der Waals surface area (Å²) >= 11 is 1.86. The largest absolute Gasteiger partial charge is 0.271 e. The minimum absolute atomic E-state index is 0.206. The lowest BCUT2D eigenvalue weighted by Crippen LogP contribution is -2.17. The second-order valence-corrected chi connectivity index (χ2v) is 7.27. The monoisotopic (exact) mass is 374 g/mol. The molecule has 0 aliphatic rings. The van der Waals surface area contributed by atoms with E-state index in [2.05, 4.69) is 34.8 Å². The molecule has 0 fully saturated rings. The first-order valence-corrected chi connectivity index (χ1v) is 9.97. The molecule has 0 spiro atoms. The van der Waals surface area contributed by atoms with E-state index < -0.39 is 0 Å². The summed E-state index contributed by atoms with van der Waals surface area (Å²) in [6.45, 7) is 2.02. The molecule has 3 rings (SSSR count). The lowest BCUT2D eigenvalue weighted by atomic mass is 10.1. The Hall–Kier alpha value is -2.85. The molecular weight excluding hydrogens is 352 g/mol. The third-order valence-corrected chi connectivity index (χ3v) is 5.09. The molecule has 27 heavy (non-hydrogen) atoms. The SMILES string of the molecule is Cc1cccc(/C=N\NC(=O)c2ccc(CSCc3ccccc3)cc2)c1. The summed E-state index contributed by atoms with van der Waals surface area (Å²) < 4.78 is 0. The van der Waals surface area contributed by atoms with Crippen molar-refractivity contribution in [2.45, 2.75) is 18.4 Å². The van der Waals surface area contributed by atoms with Crippen molar-refractivity contribution in [2.24, 2.45) is 5.10 Å². The van der Waals surface area contributed by atoms with Gasteiger partial charge in [0.15, 0.2) is 0 Å². The molecule has 4 heteroatoms. The van der Waals surface area contributed by atoms with Gasteiger partial charge in [-0.05, 0) is 35.7 Å². The van der Waals surface area contributed by atoms with Gasteiger partial charge >= 0.3 is 0 Å². The molecule has 0 heterocycles. The topological polar surface area (TPSA) is 41.5 Å². The zero-order chi connectivity index (χ0) is 18.9. The third-order valence-electron chi connectivity index (χ3n) is 4.02. The van der Waals surface area contributed by atoms with Crippen LogP contribution in [0.3, 0.4) is 0 Å². The molecule has 1 N–H and O–H groups in total. The Balaban J connectivity index is 1.48. The Kier molecular flexibility index (Phi) is 6.83. The van der Waals surface area contributed by atoms with E-state index in [9.17, 15) is 4.79 Å². The van der Waals surface area contributed by atoms with Gasteiger partial charge in [0.05, 0.1) is 6.21 Å². The quantitative estimate of drug-likeness (QED) is 0.457. The summed E-state index contributed by atoms with van der Waals surface area (Å²) in [5, 5.41) is 4.04. The summed E-state index contributed by atoms with van der Waals surface area (Å²) in [5.41, 5.74) is 7.83. The number of benzene rings is 3. The van der Waals surface area contributed by atoms with Gasteiger partial charge in [0.1, 0.15) is 0 Å². The number of nitrogens with zero attached hydrogens (tertiary/aromatic N) is 1. The smallest absolute Gasteiger partial charge is 0.267 e. The molecule has 0 aliphatic carbocycles. The van der Waals surface area contributed by atoms with Crippen molar-refractivity contribution in [1.82, 2.24) is 5.43 Å². The summed E-state index contributed by atoms with van der Waals surface area (Å²) in [7, 11) is 0. The number of nitrogens with one attached hydrogen (secondary N) is 1. The van der Waals surface area contributed by atoms with E-state index in [1.54, 1.807) is 6.21 Å². The first-order valence-electron chi connectivity index (χ1n) is 8.81. The van der Waals surface area contributed by atoms with Gasteiger partial charge < -0.3 is 0 Å². The van der Waals surface area contributed by atoms with Gasteiger partial charge in [0, 0.05) is 17.1 Å². The summed E-state index contributed by atoms with van der Waals surface area (Å²) in [4.78, 5) is 12.2. The maximum atomic E-state index is 12.2. The van der Waals surface area contributed by atoms with Crippen LogP contribution in [0.4, 0.5) is 0 Å². The fourth-order valence-corrected chi connectivity index (χ4v) is 3.55. The maximum absolute atomic E-state index is 12.2. The van der Waals surface area contributed by atoms with Crippen LogP contribution in [0.25, 0.3) is 0 Å². The van der Waals surface area contributed by atoms with Gasteiger partial charge in [0.25, 0.3) is 5.91 Å². The van der Waals surface area contributed by atoms with E-state index in [0.29, 0.717) is 5.56 Å². The summed E-state index contributed by atoms with van der Waals surface area (Å²) in [6, 6.07) is 26.1. The van der Waals surface area contributed by atoms with E-state index in [4.69, 9.17) is 0 Å². The second kappa shape index (κ2) is 9.74. The predicted octanol–water partition coefficient (Wildman–Crippen LogP) is 5.19. The number of aryl methyl sites for hydroxylation is 1. The fourth-order valence-electron chi connectivity index (χ4n) is 2.59. The van der Waals surface area contributed by atoms with E-state index in [1.165, 1.54) is 11.1 Å². The number of hydrogen-bond donors (Lipinski definition) is 1. The van der Waals surface area contributed by atoms with Crippen LogP contribution in [0.15, 0.2) is 84.0 Å². The Labute approximate surface area is 164 Å². The third kappa shape index (κ3) is 6.12. The van der Waals surface area contributed by atoms with Crippen LogP contribution in [-0.2, 0) is 11.5 Å². The molecule has 0 atom stereocenters. The van der Waals surface area contributed by atoms with Crippen molar-refractivity contribution in [3.8, 4) is 0 Å². The van der Waals surface area contributed by atoms with Crippen molar-refractivity contribution < 1.29 is 4.79 Å². The fraction of sp³-hybridized carbons (Fsp3) is 0.130. The van der Waals surface area contributed by atoms with Crippen LogP contribution in [0, 0.1) is 6.92 Å². The van der Waals surface area contributed by atoms with Crippen LogP contribution in [-0.4, -0.2) is 12.1 Å². The van der Waals surface area contributed by atoms with E-state index in [0.717, 1.165) is 22.6 Å². The highest BCUT2D eigenvalue weighted by Crippen LogP contribution is 2.18. The molecule has 0 aromatic heterocycles. The predicted molar refractivity (Wildman–Crippen MR) is 114 cm³/mol. The molecule has 1 amide bonds. The maximum Gasteiger partial charge on any atom is 0.271 e. The van der Waals surface area contributed by atoms with Crippen LogP contribution in [0.1, 0.15) is 32.6 Å². The molecule has 0 bridgehead atoms. The molecule has 136 valence electrons. The number of rotatable bonds is 7. The van der Waals surface area contributed by atoms with Crippen molar-refractivity contribution in [1.29, 1.82) is 0 Å². The number of amides is 1. The highest BCUT2D eigenvalue weighted by Gasteiger charge is 2.04. The number of carbonyl (C=O) groups excluding carboxylic acids is 1. The van der Waals surface area contributed by atoms with Gasteiger partial charge in [-0.25, -0.2) is 5.43 Å². The van der Waals surface area contributed by atoms with Gasteiger partial charge in [-0.15, -0.1) is 0 Å². The molecule has 3 nitrogen and oxygen atoms in total. The van der Waals surface area contributed by atoms with Crippen molar-refractivity contribution in [3.63, 3.8) is 0 Å². The van der Waals surface area contributed by atoms with Crippen molar-refractivity contribution >= 4 is 23.9 Å². The van der Waals surface area contributed by atoms with Gasteiger partial charge in [-0.2, -0.15) is 16.9 Å². The van der Waals surface area contributed by atoms with E-state index >= 15 is 0 Å². The molecule has 3 aromatic rings. The Morgan fingerprint density at radius 3 is 2.33 bits per heavy atom. The summed E-state index contributed by atoms with van der Waals surface area (Å²) in [6.07, 6.45) is 1.65. The zero-order valence-electron chi connectivity index (χ0n) is 15.3. The van der Waals surface area contributed by atoms with E-state index in [-0.39, 0.29) is 5.91 Å². The van der Waals surface area contributed by atoms with Crippen molar-refractivity contribution in [2.75, 3.05) is 0 Å². The highest BCUT2D eigenvalue weighted by atomic mass is 32.2. The van der Waals surface area contributed by atoms with Crippen LogP contribution in [0.5, 0.6) is 0 Å². The molecule has 3 aromatic carbocycles. The standard InChI is InChI=1S/C23H22N2OS/c1-18-6-5-9-21(14-18)15-24-25-23(26)22-12-10-20(11-13-22)17-27-16-19-7-3-2-4-8-19/h2-15H,16-17H2,1H3,(H,25,26)/b24-15-. The average Bonchev–Trinajstić information content (AvgIpc) is 2.69. The Morgan fingerprint density at radius 2 is 1.63 bits per heavy atom. The molecule has 0 aliphatic heterocycles. The van der Waals surface area contributed by atoms with Gasteiger partial charge in [-0.1, -0.05) is 72.3 Å². The lowest BCUT2D eigenvalue weighted by Gasteiger charge is -2.04. The minimum atomic E-state index is -0.206.